The largest absolute Gasteiger partial charge is 0.454 e. The summed E-state index contributed by atoms with van der Waals surface area (Å²) in [5.41, 5.74) is 3.72. The molecule has 1 fully saturated rings. The number of anilines is 1. The minimum Gasteiger partial charge on any atom is -0.454 e. The van der Waals surface area contributed by atoms with E-state index in [1.54, 1.807) is 18.2 Å². The zero-order valence-corrected chi connectivity index (χ0v) is 21.2. The second-order valence-electron chi connectivity index (χ2n) is 9.70. The molecule has 37 heavy (non-hydrogen) atoms. The molecule has 3 aliphatic heterocycles. The third-order valence-electron chi connectivity index (χ3n) is 7.60. The van der Waals surface area contributed by atoms with E-state index in [2.05, 4.69) is 15.9 Å². The van der Waals surface area contributed by atoms with Crippen LogP contribution < -0.4 is 19.1 Å². The molecule has 1 aliphatic carbocycles. The number of carbonyl (C=O) groups excluding carboxylic acids is 3. The van der Waals surface area contributed by atoms with E-state index in [0.29, 0.717) is 28.5 Å². The summed E-state index contributed by atoms with van der Waals surface area (Å²) >= 11 is 3.43. The fraction of sp³-hybridized carbons (Fsp3) is 0.207. The van der Waals surface area contributed by atoms with Crippen molar-refractivity contribution in [2.45, 2.75) is 12.8 Å². The number of imide groups is 1. The van der Waals surface area contributed by atoms with Gasteiger partial charge in [0.2, 0.25) is 18.6 Å². The molecule has 2 amide bonds. The molecule has 0 spiro atoms. The molecule has 0 unspecified atom stereocenters. The molecule has 4 atom stereocenters. The minimum atomic E-state index is -0.899. The van der Waals surface area contributed by atoms with Crippen LogP contribution in [-0.4, -0.2) is 24.6 Å². The number of hydrogen-bond donors (Lipinski definition) is 0. The topological polar surface area (TPSA) is 82.1 Å². The number of hydrogen-bond acceptors (Lipinski definition) is 6. The Hall–Kier alpha value is -3.91. The highest BCUT2D eigenvalue weighted by atomic mass is 79.9. The lowest BCUT2D eigenvalue weighted by Gasteiger charge is -2.38. The van der Waals surface area contributed by atoms with Gasteiger partial charge in [-0.25, -0.2) is 4.90 Å². The van der Waals surface area contributed by atoms with Crippen molar-refractivity contribution in [2.24, 2.45) is 17.8 Å². The van der Waals surface area contributed by atoms with Crippen molar-refractivity contribution in [3.63, 3.8) is 0 Å². The first kappa shape index (κ1) is 22.3. The van der Waals surface area contributed by atoms with Gasteiger partial charge in [-0.2, -0.15) is 0 Å². The van der Waals surface area contributed by atoms with Gasteiger partial charge in [-0.3, -0.25) is 14.4 Å². The Morgan fingerprint density at radius 1 is 0.865 bits per heavy atom. The number of ether oxygens (including phenoxy) is 3. The van der Waals surface area contributed by atoms with Crippen LogP contribution in [0.2, 0.25) is 0 Å². The van der Waals surface area contributed by atoms with Gasteiger partial charge in [-0.05, 0) is 60.0 Å². The first-order valence-electron chi connectivity index (χ1n) is 12.0. The number of fused-ring (bicyclic) bond motifs is 6. The second kappa shape index (κ2) is 8.05. The fourth-order valence-electron chi connectivity index (χ4n) is 5.98. The van der Waals surface area contributed by atoms with E-state index < -0.39 is 35.5 Å². The van der Waals surface area contributed by atoms with Crippen LogP contribution in [-0.2, 0) is 14.4 Å². The predicted octanol–water partition coefficient (Wildman–Crippen LogP) is 5.01. The van der Waals surface area contributed by atoms with E-state index in [9.17, 15) is 14.4 Å². The zero-order valence-electron chi connectivity index (χ0n) is 19.6. The molecular weight excluding hydrogens is 538 g/mol. The molecule has 184 valence electrons. The van der Waals surface area contributed by atoms with Gasteiger partial charge in [0.05, 0.1) is 23.4 Å². The van der Waals surface area contributed by atoms with Crippen molar-refractivity contribution < 1.29 is 28.6 Å². The second-order valence-corrected chi connectivity index (χ2v) is 10.6. The molecular formula is C29H20BrNO6. The Morgan fingerprint density at radius 3 is 2.51 bits per heavy atom. The number of halogens is 1. The summed E-state index contributed by atoms with van der Waals surface area (Å²) in [6, 6.07) is 18.3. The zero-order chi connectivity index (χ0) is 25.4. The van der Waals surface area contributed by atoms with Crippen molar-refractivity contribution in [3.05, 3.63) is 87.9 Å². The SMILES string of the molecule is Cc1ccc2c(c1)OC(=O)[C@@H]1C2=C[C@H](c2ccc3c(c2)OCO3)[C@H]2C(=O)N(c3cccc(Br)c3)C(=O)[C@H]12. The van der Waals surface area contributed by atoms with Gasteiger partial charge >= 0.3 is 5.97 Å². The summed E-state index contributed by atoms with van der Waals surface area (Å²) < 4.78 is 17.6. The lowest BCUT2D eigenvalue weighted by atomic mass is 9.64. The monoisotopic (exact) mass is 557 g/mol. The van der Waals surface area contributed by atoms with E-state index in [0.717, 1.165) is 21.2 Å². The molecule has 8 heteroatoms. The van der Waals surface area contributed by atoms with Crippen LogP contribution in [0.15, 0.2) is 71.2 Å². The number of amides is 2. The summed E-state index contributed by atoms with van der Waals surface area (Å²) in [5, 5.41) is 0. The van der Waals surface area contributed by atoms with Crippen molar-refractivity contribution in [1.82, 2.24) is 0 Å². The predicted molar refractivity (Wildman–Crippen MR) is 137 cm³/mol. The summed E-state index contributed by atoms with van der Waals surface area (Å²) in [7, 11) is 0. The molecule has 0 aromatic heterocycles. The molecule has 3 aromatic rings. The maximum Gasteiger partial charge on any atom is 0.319 e. The maximum atomic E-state index is 14.0. The molecule has 3 heterocycles. The first-order valence-corrected chi connectivity index (χ1v) is 12.8. The van der Waals surface area contributed by atoms with Crippen LogP contribution in [0, 0.1) is 24.7 Å². The van der Waals surface area contributed by atoms with Gasteiger partial charge in [-0.1, -0.05) is 46.3 Å². The molecule has 7 rings (SSSR count). The maximum absolute atomic E-state index is 14.0. The van der Waals surface area contributed by atoms with Crippen molar-refractivity contribution in [3.8, 4) is 17.2 Å². The Kier molecular flexibility index (Phi) is 4.85. The smallest absolute Gasteiger partial charge is 0.319 e. The highest BCUT2D eigenvalue weighted by Gasteiger charge is 2.60. The van der Waals surface area contributed by atoms with E-state index in [1.165, 1.54) is 4.90 Å². The van der Waals surface area contributed by atoms with Crippen LogP contribution in [0.3, 0.4) is 0 Å². The van der Waals surface area contributed by atoms with E-state index in [-0.39, 0.29) is 12.7 Å². The Labute approximate surface area is 220 Å². The number of benzene rings is 3. The quantitative estimate of drug-likeness (QED) is 0.250. The number of rotatable bonds is 2. The molecule has 4 aliphatic rings. The molecule has 0 bridgehead atoms. The standard InChI is InChI=1S/C29H20BrNO6/c1-14-5-7-18-20-12-19(15-6-8-21-23(10-15)36-13-35-21)24-26(25(20)29(34)37-22(18)9-14)28(33)31(27(24)32)17-4-2-3-16(30)11-17/h2-12,19,24-26H,13H2,1H3/t19-,24-,25-,26+/m1/s1. The van der Waals surface area contributed by atoms with E-state index in [1.807, 2.05) is 55.5 Å². The number of carbonyl (C=O) groups is 3. The lowest BCUT2D eigenvalue weighted by molar-refractivity contribution is -0.142. The first-order chi connectivity index (χ1) is 17.9. The van der Waals surface area contributed by atoms with Gasteiger partial charge < -0.3 is 14.2 Å². The third-order valence-corrected chi connectivity index (χ3v) is 8.09. The third kappa shape index (κ3) is 3.28. The molecule has 0 saturated carbocycles. The Bertz CT molecular complexity index is 1560. The summed E-state index contributed by atoms with van der Waals surface area (Å²) in [5.74, 6) is -2.57. The molecule has 7 nitrogen and oxygen atoms in total. The van der Waals surface area contributed by atoms with Crippen LogP contribution in [0.4, 0.5) is 5.69 Å². The van der Waals surface area contributed by atoms with Crippen LogP contribution in [0.5, 0.6) is 17.2 Å². The van der Waals surface area contributed by atoms with Gasteiger partial charge in [0.25, 0.3) is 0 Å². The Balaban J connectivity index is 1.43. The van der Waals surface area contributed by atoms with Crippen molar-refractivity contribution in [2.75, 3.05) is 11.7 Å². The molecule has 1 saturated heterocycles. The van der Waals surface area contributed by atoms with Gasteiger partial charge in [0.15, 0.2) is 11.5 Å². The molecule has 0 radical (unpaired) electrons. The number of allylic oxidation sites excluding steroid dienone is 1. The Morgan fingerprint density at radius 2 is 1.68 bits per heavy atom. The number of aryl methyl sites for hydroxylation is 1. The van der Waals surface area contributed by atoms with Crippen LogP contribution >= 0.6 is 15.9 Å². The number of esters is 1. The average Bonchev–Trinajstić information content (AvgIpc) is 3.45. The van der Waals surface area contributed by atoms with Crippen molar-refractivity contribution in [1.29, 1.82) is 0 Å². The number of nitrogens with zero attached hydrogens (tertiary/aromatic N) is 1. The van der Waals surface area contributed by atoms with E-state index in [4.69, 9.17) is 14.2 Å². The van der Waals surface area contributed by atoms with Gasteiger partial charge in [0.1, 0.15) is 5.75 Å². The fourth-order valence-corrected chi connectivity index (χ4v) is 6.37. The highest BCUT2D eigenvalue weighted by molar-refractivity contribution is 9.10. The lowest BCUT2D eigenvalue weighted by Crippen LogP contribution is -2.42. The van der Waals surface area contributed by atoms with Gasteiger partial charge in [-0.15, -0.1) is 0 Å². The minimum absolute atomic E-state index is 0.130. The van der Waals surface area contributed by atoms with Crippen molar-refractivity contribution >= 4 is 45.0 Å². The summed E-state index contributed by atoms with van der Waals surface area (Å²) in [4.78, 5) is 42.6. The molecule has 3 aromatic carbocycles. The summed E-state index contributed by atoms with van der Waals surface area (Å²) in [6.07, 6.45) is 1.97. The summed E-state index contributed by atoms with van der Waals surface area (Å²) in [6.45, 7) is 2.06. The van der Waals surface area contributed by atoms with Crippen LogP contribution in [0.25, 0.3) is 5.57 Å². The normalized spacial score (nSPS) is 25.3. The van der Waals surface area contributed by atoms with E-state index >= 15 is 0 Å². The average molecular weight is 558 g/mol. The highest BCUT2D eigenvalue weighted by Crippen LogP contribution is 2.55. The molecule has 0 N–H and O–H groups in total. The van der Waals surface area contributed by atoms with Gasteiger partial charge in [0, 0.05) is 16.0 Å². The van der Waals surface area contributed by atoms with Crippen LogP contribution in [0.1, 0.15) is 22.6 Å².